The van der Waals surface area contributed by atoms with Gasteiger partial charge in [0, 0.05) is 12.4 Å². The van der Waals surface area contributed by atoms with E-state index in [1.165, 1.54) is 6.20 Å². The van der Waals surface area contributed by atoms with Crippen molar-refractivity contribution < 1.29 is 30.0 Å². The first-order chi connectivity index (χ1) is 8.93. The van der Waals surface area contributed by atoms with Crippen LogP contribution in [0.5, 0.6) is 0 Å². The van der Waals surface area contributed by atoms with E-state index in [-0.39, 0.29) is 6.61 Å². The number of ether oxygens (including phenoxy) is 1. The number of rotatable bonds is 1. The molecule has 4 atom stereocenters. The van der Waals surface area contributed by atoms with Gasteiger partial charge in [-0.3, -0.25) is 9.78 Å². The second-order valence-corrected chi connectivity index (χ2v) is 3.88. The van der Waals surface area contributed by atoms with Gasteiger partial charge < -0.3 is 30.9 Å². The molecule has 6 N–H and O–H groups in total. The molecule has 0 aromatic carbocycles. The van der Waals surface area contributed by atoms with Crippen molar-refractivity contribution in [2.45, 2.75) is 24.6 Å². The van der Waals surface area contributed by atoms with Crippen LogP contribution in [0.25, 0.3) is 0 Å². The Balaban J connectivity index is 0.000000191. The van der Waals surface area contributed by atoms with Crippen molar-refractivity contribution in [1.82, 2.24) is 4.98 Å². The zero-order valence-corrected chi connectivity index (χ0v) is 9.96. The molecule has 0 radical (unpaired) electrons. The van der Waals surface area contributed by atoms with Gasteiger partial charge in [-0.25, -0.2) is 0 Å². The predicted molar refractivity (Wildman–Crippen MR) is 62.7 cm³/mol. The van der Waals surface area contributed by atoms with Crippen LogP contribution < -0.4 is 5.73 Å². The fraction of sp³-hybridized carbons (Fsp3) is 0.455. The molecule has 0 bridgehead atoms. The SMILES string of the molecule is NC(=O)c1cccnc1.OC1OC[C@@H](O)[C@@H](O)[C@H]1O. The molecule has 1 fully saturated rings. The molecule has 8 nitrogen and oxygen atoms in total. The highest BCUT2D eigenvalue weighted by molar-refractivity contribution is 5.92. The second-order valence-electron chi connectivity index (χ2n) is 3.88. The molecule has 1 aromatic heterocycles. The van der Waals surface area contributed by atoms with E-state index in [2.05, 4.69) is 9.72 Å². The first-order valence-electron chi connectivity index (χ1n) is 5.47. The van der Waals surface area contributed by atoms with Crippen molar-refractivity contribution in [3.05, 3.63) is 30.1 Å². The molecule has 0 spiro atoms. The summed E-state index contributed by atoms with van der Waals surface area (Å²) < 4.78 is 4.47. The Hall–Kier alpha value is -1.58. The van der Waals surface area contributed by atoms with Gasteiger partial charge in [0.05, 0.1) is 12.2 Å². The van der Waals surface area contributed by atoms with Crippen LogP contribution >= 0.6 is 0 Å². The van der Waals surface area contributed by atoms with E-state index in [1.54, 1.807) is 18.3 Å². The Morgan fingerprint density at radius 1 is 1.32 bits per heavy atom. The largest absolute Gasteiger partial charge is 0.388 e. The van der Waals surface area contributed by atoms with Crippen molar-refractivity contribution in [2.24, 2.45) is 5.73 Å². The van der Waals surface area contributed by atoms with Gasteiger partial charge in [-0.15, -0.1) is 0 Å². The summed E-state index contributed by atoms with van der Waals surface area (Å²) in [5.41, 5.74) is 5.38. The highest BCUT2D eigenvalue weighted by Crippen LogP contribution is 2.12. The summed E-state index contributed by atoms with van der Waals surface area (Å²) in [6.07, 6.45) is -2.21. The number of hydrogen-bond acceptors (Lipinski definition) is 7. The van der Waals surface area contributed by atoms with Crippen LogP contribution in [0.2, 0.25) is 0 Å². The Morgan fingerprint density at radius 2 is 2.00 bits per heavy atom. The van der Waals surface area contributed by atoms with Crippen LogP contribution in [-0.4, -0.2) is 62.5 Å². The minimum Gasteiger partial charge on any atom is -0.388 e. The maximum absolute atomic E-state index is 10.4. The third-order valence-corrected chi connectivity index (χ3v) is 2.42. The molecule has 106 valence electrons. The Labute approximate surface area is 109 Å². The molecule has 0 saturated carbocycles. The van der Waals surface area contributed by atoms with Crippen molar-refractivity contribution >= 4 is 5.91 Å². The first kappa shape index (κ1) is 15.5. The molecular weight excluding hydrogens is 256 g/mol. The normalized spacial score (nSPS) is 30.1. The number of aromatic nitrogens is 1. The van der Waals surface area contributed by atoms with Gasteiger partial charge in [0.2, 0.25) is 5.91 Å². The lowest BCUT2D eigenvalue weighted by molar-refractivity contribution is -0.252. The Kier molecular flexibility index (Phi) is 5.80. The lowest BCUT2D eigenvalue weighted by Gasteiger charge is -2.31. The highest BCUT2D eigenvalue weighted by Gasteiger charge is 2.36. The van der Waals surface area contributed by atoms with E-state index in [9.17, 15) is 4.79 Å². The molecular formula is C11H16N2O6. The Bertz CT molecular complexity index is 387. The van der Waals surface area contributed by atoms with E-state index in [1.807, 2.05) is 0 Å². The summed E-state index contributed by atoms with van der Waals surface area (Å²) in [4.78, 5) is 14.1. The number of amides is 1. The number of hydrogen-bond donors (Lipinski definition) is 5. The van der Waals surface area contributed by atoms with Crippen molar-refractivity contribution in [3.63, 3.8) is 0 Å². The number of primary amides is 1. The highest BCUT2D eigenvalue weighted by atomic mass is 16.6. The monoisotopic (exact) mass is 272 g/mol. The van der Waals surface area contributed by atoms with Gasteiger partial charge in [-0.1, -0.05) is 0 Å². The summed E-state index contributed by atoms with van der Waals surface area (Å²) in [5.74, 6) is -0.442. The molecule has 1 amide bonds. The van der Waals surface area contributed by atoms with Gasteiger partial charge in [-0.2, -0.15) is 0 Å². The molecule has 1 saturated heterocycles. The number of pyridine rings is 1. The number of carbonyl (C=O) groups excluding carboxylic acids is 1. The average molecular weight is 272 g/mol. The van der Waals surface area contributed by atoms with Crippen LogP contribution in [0.4, 0.5) is 0 Å². The van der Waals surface area contributed by atoms with Crippen LogP contribution in [0.15, 0.2) is 24.5 Å². The molecule has 1 unspecified atom stereocenters. The quantitative estimate of drug-likeness (QED) is 0.383. The average Bonchev–Trinajstić information content (AvgIpc) is 2.42. The fourth-order valence-electron chi connectivity index (χ4n) is 1.30. The van der Waals surface area contributed by atoms with Crippen molar-refractivity contribution in [1.29, 1.82) is 0 Å². The van der Waals surface area contributed by atoms with E-state index in [4.69, 9.17) is 26.2 Å². The van der Waals surface area contributed by atoms with E-state index < -0.39 is 30.5 Å². The number of carbonyl (C=O) groups is 1. The Morgan fingerprint density at radius 3 is 2.42 bits per heavy atom. The minimum atomic E-state index is -1.41. The number of nitrogens with two attached hydrogens (primary N) is 1. The second kappa shape index (κ2) is 7.12. The zero-order valence-electron chi connectivity index (χ0n) is 9.96. The summed E-state index contributed by atoms with van der Waals surface area (Å²) >= 11 is 0. The van der Waals surface area contributed by atoms with Gasteiger partial charge in [0.1, 0.15) is 18.3 Å². The molecule has 2 rings (SSSR count). The third kappa shape index (κ3) is 4.54. The van der Waals surface area contributed by atoms with Gasteiger partial charge >= 0.3 is 0 Å². The number of nitrogens with zero attached hydrogens (tertiary/aromatic N) is 1. The van der Waals surface area contributed by atoms with Crippen molar-refractivity contribution in [2.75, 3.05) is 6.61 Å². The number of aliphatic hydroxyl groups excluding tert-OH is 4. The lowest BCUT2D eigenvalue weighted by Crippen LogP contribution is -2.52. The minimum absolute atomic E-state index is 0.153. The topological polar surface area (TPSA) is 146 Å². The lowest BCUT2D eigenvalue weighted by atomic mass is 10.1. The molecule has 1 aromatic rings. The molecule has 0 aliphatic carbocycles. The smallest absolute Gasteiger partial charge is 0.250 e. The van der Waals surface area contributed by atoms with Crippen LogP contribution in [0.3, 0.4) is 0 Å². The predicted octanol–water partition coefficient (Wildman–Crippen LogP) is -2.40. The fourth-order valence-corrected chi connectivity index (χ4v) is 1.30. The van der Waals surface area contributed by atoms with Crippen LogP contribution in [0, 0.1) is 0 Å². The zero-order chi connectivity index (χ0) is 14.4. The van der Waals surface area contributed by atoms with Gasteiger partial charge in [0.15, 0.2) is 6.29 Å². The van der Waals surface area contributed by atoms with Gasteiger partial charge in [0.25, 0.3) is 0 Å². The van der Waals surface area contributed by atoms with E-state index in [0.29, 0.717) is 5.56 Å². The van der Waals surface area contributed by atoms with Gasteiger partial charge in [-0.05, 0) is 12.1 Å². The maximum atomic E-state index is 10.4. The van der Waals surface area contributed by atoms with E-state index in [0.717, 1.165) is 0 Å². The summed E-state index contributed by atoms with van der Waals surface area (Å²) in [7, 11) is 0. The van der Waals surface area contributed by atoms with Crippen LogP contribution in [0.1, 0.15) is 10.4 Å². The molecule has 1 aliphatic rings. The number of aliphatic hydroxyl groups is 4. The summed E-state index contributed by atoms with van der Waals surface area (Å²) in [5, 5.41) is 35.3. The van der Waals surface area contributed by atoms with Crippen LogP contribution in [-0.2, 0) is 4.74 Å². The summed E-state index contributed by atoms with van der Waals surface area (Å²) in [6, 6.07) is 3.29. The molecule has 2 heterocycles. The molecule has 1 aliphatic heterocycles. The summed E-state index contributed by atoms with van der Waals surface area (Å²) in [6.45, 7) is -0.153. The maximum Gasteiger partial charge on any atom is 0.250 e. The standard InChI is InChI=1S/C6H6N2O.C5H10O5/c7-6(9)5-2-1-3-8-4-5;6-2-1-10-5(9)4(8)3(2)7/h1-4H,(H2,7,9);2-9H,1H2/t;2-,3-,4-,5?/m.1/s1. The molecule has 19 heavy (non-hydrogen) atoms. The van der Waals surface area contributed by atoms with E-state index >= 15 is 0 Å². The van der Waals surface area contributed by atoms with Crippen molar-refractivity contribution in [3.8, 4) is 0 Å². The molecule has 8 heteroatoms. The third-order valence-electron chi connectivity index (χ3n) is 2.42. The first-order valence-corrected chi connectivity index (χ1v) is 5.47.